The van der Waals surface area contributed by atoms with Gasteiger partial charge in [-0.15, -0.1) is 0 Å². The molecule has 3 N–H and O–H groups in total. The zero-order chi connectivity index (χ0) is 18.7. The minimum absolute atomic E-state index is 0.134. The first-order valence-electron chi connectivity index (χ1n) is 8.44. The van der Waals surface area contributed by atoms with Crippen LogP contribution in [0.4, 0.5) is 8.78 Å². The maximum absolute atomic E-state index is 13.7. The number of rotatable bonds is 6. The fraction of sp³-hybridized carbons (Fsp3) is 0.250. The van der Waals surface area contributed by atoms with Gasteiger partial charge in [0.15, 0.2) is 0 Å². The molecule has 0 radical (unpaired) electrons. The van der Waals surface area contributed by atoms with Gasteiger partial charge in [0.1, 0.15) is 11.6 Å². The van der Waals surface area contributed by atoms with E-state index in [4.69, 9.17) is 5.11 Å². The van der Waals surface area contributed by atoms with Crippen LogP contribution in [0.25, 0.3) is 22.2 Å². The highest BCUT2D eigenvalue weighted by Gasteiger charge is 2.16. The van der Waals surface area contributed by atoms with Gasteiger partial charge in [-0.3, -0.25) is 4.79 Å². The molecule has 0 saturated heterocycles. The molecule has 1 aromatic heterocycles. The van der Waals surface area contributed by atoms with Crippen molar-refractivity contribution in [3.8, 4) is 11.3 Å². The Labute approximate surface area is 149 Å². The van der Waals surface area contributed by atoms with E-state index < -0.39 is 0 Å². The summed E-state index contributed by atoms with van der Waals surface area (Å²) in [7, 11) is 0. The molecule has 0 aliphatic rings. The molecule has 26 heavy (non-hydrogen) atoms. The normalized spacial score (nSPS) is 12.3. The summed E-state index contributed by atoms with van der Waals surface area (Å²) < 4.78 is 27.0. The summed E-state index contributed by atoms with van der Waals surface area (Å²) in [6, 6.07) is 10.1. The average Bonchev–Trinajstić information content (AvgIpc) is 2.98. The second-order valence-corrected chi connectivity index (χ2v) is 6.33. The first-order chi connectivity index (χ1) is 12.5. The lowest BCUT2D eigenvalue weighted by molar-refractivity contribution is -0.121. The van der Waals surface area contributed by atoms with Gasteiger partial charge in [-0.25, -0.2) is 8.78 Å². The molecular formula is C20H20F2N2O2. The highest BCUT2D eigenvalue weighted by atomic mass is 19.1. The van der Waals surface area contributed by atoms with Crippen LogP contribution < -0.4 is 5.32 Å². The number of aryl methyl sites for hydroxylation is 1. The molecule has 2 aromatic carbocycles. The lowest BCUT2D eigenvalue weighted by Gasteiger charge is -2.11. The van der Waals surface area contributed by atoms with Gasteiger partial charge < -0.3 is 15.4 Å². The van der Waals surface area contributed by atoms with Gasteiger partial charge in [0, 0.05) is 29.1 Å². The molecule has 136 valence electrons. The molecule has 4 nitrogen and oxygen atoms in total. The average molecular weight is 358 g/mol. The van der Waals surface area contributed by atoms with Crippen molar-refractivity contribution in [1.29, 1.82) is 0 Å². The second-order valence-electron chi connectivity index (χ2n) is 6.33. The number of halogens is 2. The summed E-state index contributed by atoms with van der Waals surface area (Å²) in [5, 5.41) is 12.4. The lowest BCUT2D eigenvalue weighted by Crippen LogP contribution is -2.35. The summed E-state index contributed by atoms with van der Waals surface area (Å²) in [5.74, 6) is -0.890. The minimum Gasteiger partial charge on any atom is -0.394 e. The highest BCUT2D eigenvalue weighted by Crippen LogP contribution is 2.32. The molecule has 3 aromatic rings. The molecule has 0 saturated carbocycles. The first kappa shape index (κ1) is 18.1. The number of aliphatic hydroxyl groups is 1. The predicted octanol–water partition coefficient (Wildman–Crippen LogP) is 3.54. The van der Waals surface area contributed by atoms with E-state index in [-0.39, 0.29) is 36.6 Å². The maximum atomic E-state index is 13.7. The first-order valence-corrected chi connectivity index (χ1v) is 8.44. The number of fused-ring (bicyclic) bond motifs is 1. The van der Waals surface area contributed by atoms with Crippen molar-refractivity contribution < 1.29 is 18.7 Å². The molecule has 0 spiro atoms. The standard InChI is InChI=1S/C20H20F2N2O2/c1-12(11-25)23-19(26)9-7-16-17-10-15(22)6-8-18(17)24-20(16)13-2-4-14(21)5-3-13/h2-6,8,10,12,24-25H,7,9,11H2,1H3,(H,23,26). The number of hydrogen-bond donors (Lipinski definition) is 3. The predicted molar refractivity (Wildman–Crippen MR) is 96.7 cm³/mol. The molecular weight excluding hydrogens is 338 g/mol. The van der Waals surface area contributed by atoms with Crippen LogP contribution in [0.2, 0.25) is 0 Å². The Morgan fingerprint density at radius 1 is 1.15 bits per heavy atom. The molecule has 1 amide bonds. The van der Waals surface area contributed by atoms with Gasteiger partial charge in [0.05, 0.1) is 6.61 Å². The number of carbonyl (C=O) groups is 1. The number of nitrogens with one attached hydrogen (secondary N) is 2. The summed E-state index contributed by atoms with van der Waals surface area (Å²) >= 11 is 0. The zero-order valence-electron chi connectivity index (χ0n) is 14.4. The highest BCUT2D eigenvalue weighted by molar-refractivity contribution is 5.91. The van der Waals surface area contributed by atoms with Crippen molar-refractivity contribution >= 4 is 16.8 Å². The van der Waals surface area contributed by atoms with Crippen LogP contribution in [0.3, 0.4) is 0 Å². The summed E-state index contributed by atoms with van der Waals surface area (Å²) in [4.78, 5) is 15.3. The van der Waals surface area contributed by atoms with E-state index in [0.717, 1.165) is 22.3 Å². The molecule has 0 aliphatic carbocycles. The van der Waals surface area contributed by atoms with E-state index in [1.165, 1.54) is 24.3 Å². The Bertz CT molecular complexity index is 919. The Hall–Kier alpha value is -2.73. The molecule has 3 rings (SSSR count). The number of H-pyrrole nitrogens is 1. The molecule has 1 heterocycles. The summed E-state index contributed by atoms with van der Waals surface area (Å²) in [6.07, 6.45) is 0.585. The van der Waals surface area contributed by atoms with Crippen molar-refractivity contribution in [2.24, 2.45) is 0 Å². The molecule has 1 atom stereocenters. The molecule has 6 heteroatoms. The summed E-state index contributed by atoms with van der Waals surface area (Å²) in [6.45, 7) is 1.58. The third-order valence-electron chi connectivity index (χ3n) is 4.28. The maximum Gasteiger partial charge on any atom is 0.220 e. The number of amides is 1. The van der Waals surface area contributed by atoms with Crippen LogP contribution in [0.1, 0.15) is 18.9 Å². The van der Waals surface area contributed by atoms with Crippen molar-refractivity contribution in [1.82, 2.24) is 10.3 Å². The van der Waals surface area contributed by atoms with E-state index in [0.29, 0.717) is 11.8 Å². The van der Waals surface area contributed by atoms with Crippen LogP contribution >= 0.6 is 0 Å². The number of aromatic amines is 1. The number of carbonyl (C=O) groups excluding carboxylic acids is 1. The van der Waals surface area contributed by atoms with E-state index in [9.17, 15) is 13.6 Å². The molecule has 0 fully saturated rings. The van der Waals surface area contributed by atoms with Crippen molar-refractivity contribution in [3.05, 3.63) is 59.7 Å². The van der Waals surface area contributed by atoms with Crippen molar-refractivity contribution in [3.63, 3.8) is 0 Å². The topological polar surface area (TPSA) is 65.1 Å². The largest absolute Gasteiger partial charge is 0.394 e. The van der Waals surface area contributed by atoms with E-state index >= 15 is 0 Å². The Morgan fingerprint density at radius 3 is 2.54 bits per heavy atom. The molecule has 0 bridgehead atoms. The zero-order valence-corrected chi connectivity index (χ0v) is 14.4. The van der Waals surface area contributed by atoms with Crippen molar-refractivity contribution in [2.75, 3.05) is 6.61 Å². The molecule has 0 aliphatic heterocycles. The lowest BCUT2D eigenvalue weighted by atomic mass is 10.0. The van der Waals surface area contributed by atoms with Crippen LogP contribution in [0, 0.1) is 11.6 Å². The second kappa shape index (κ2) is 7.66. The minimum atomic E-state index is -0.359. The quantitative estimate of drug-likeness (QED) is 0.631. The summed E-state index contributed by atoms with van der Waals surface area (Å²) in [5.41, 5.74) is 3.07. The Balaban J connectivity index is 1.95. The van der Waals surface area contributed by atoms with Crippen LogP contribution in [0.15, 0.2) is 42.5 Å². The van der Waals surface area contributed by atoms with Gasteiger partial charge in [-0.2, -0.15) is 0 Å². The number of benzene rings is 2. The Kier molecular flexibility index (Phi) is 5.32. The SMILES string of the molecule is CC(CO)NC(=O)CCc1c(-c2ccc(F)cc2)[nH]c2ccc(F)cc12. The van der Waals surface area contributed by atoms with Gasteiger partial charge >= 0.3 is 0 Å². The van der Waals surface area contributed by atoms with Crippen LogP contribution in [-0.4, -0.2) is 28.6 Å². The van der Waals surface area contributed by atoms with Crippen molar-refractivity contribution in [2.45, 2.75) is 25.8 Å². The van der Waals surface area contributed by atoms with Gasteiger partial charge in [0.2, 0.25) is 5.91 Å². The van der Waals surface area contributed by atoms with E-state index in [1.807, 2.05) is 0 Å². The van der Waals surface area contributed by atoms with E-state index in [1.54, 1.807) is 25.1 Å². The third kappa shape index (κ3) is 3.91. The smallest absolute Gasteiger partial charge is 0.220 e. The van der Waals surface area contributed by atoms with Crippen LogP contribution in [-0.2, 0) is 11.2 Å². The Morgan fingerprint density at radius 2 is 1.85 bits per heavy atom. The fourth-order valence-corrected chi connectivity index (χ4v) is 2.97. The monoisotopic (exact) mass is 358 g/mol. The van der Waals surface area contributed by atoms with Gasteiger partial charge in [-0.05, 0) is 66.9 Å². The number of aliphatic hydroxyl groups excluding tert-OH is 1. The third-order valence-corrected chi connectivity index (χ3v) is 4.28. The van der Waals surface area contributed by atoms with Gasteiger partial charge in [-0.1, -0.05) is 0 Å². The number of aromatic nitrogens is 1. The van der Waals surface area contributed by atoms with E-state index in [2.05, 4.69) is 10.3 Å². The molecule has 1 unspecified atom stereocenters. The van der Waals surface area contributed by atoms with Gasteiger partial charge in [0.25, 0.3) is 0 Å². The van der Waals surface area contributed by atoms with Crippen LogP contribution in [0.5, 0.6) is 0 Å². The fourth-order valence-electron chi connectivity index (χ4n) is 2.97. The number of hydrogen-bond acceptors (Lipinski definition) is 2.